The van der Waals surface area contributed by atoms with Crippen LogP contribution in [0.25, 0.3) is 0 Å². The SMILES string of the molecule is CCCCCCC=CCCCCCCCC(=O)OC(COC(=O)CCCCCCCCCC=CCCCCCCCC)COC(=O)CCCCCCCCCCCCCCC. The molecule has 0 saturated carbocycles. The van der Waals surface area contributed by atoms with Crippen LogP contribution in [0, 0.1) is 0 Å². The van der Waals surface area contributed by atoms with Gasteiger partial charge in [0.05, 0.1) is 0 Å². The number of allylic oxidation sites excluding steroid dienone is 4. The lowest BCUT2D eigenvalue weighted by Crippen LogP contribution is -2.30. The summed E-state index contributed by atoms with van der Waals surface area (Å²) in [5.41, 5.74) is 0. The zero-order valence-electron chi connectivity index (χ0n) is 40.9. The molecule has 0 rings (SSSR count). The largest absolute Gasteiger partial charge is 0.462 e. The summed E-state index contributed by atoms with van der Waals surface area (Å²) in [6.45, 7) is 6.64. The van der Waals surface area contributed by atoms with E-state index in [-0.39, 0.29) is 31.1 Å². The van der Waals surface area contributed by atoms with Gasteiger partial charge in [0, 0.05) is 19.3 Å². The van der Waals surface area contributed by atoms with Crippen LogP contribution in [0.5, 0.6) is 0 Å². The lowest BCUT2D eigenvalue weighted by Gasteiger charge is -2.18. The predicted octanol–water partition coefficient (Wildman–Crippen LogP) is 17.5. The molecular weight excluding hydrogens is 757 g/mol. The van der Waals surface area contributed by atoms with Crippen molar-refractivity contribution in [1.82, 2.24) is 0 Å². The van der Waals surface area contributed by atoms with E-state index in [1.807, 2.05) is 0 Å². The average molecular weight is 859 g/mol. The Balaban J connectivity index is 4.34. The zero-order valence-corrected chi connectivity index (χ0v) is 40.9. The zero-order chi connectivity index (χ0) is 44.4. The number of esters is 3. The summed E-state index contributed by atoms with van der Waals surface area (Å²) >= 11 is 0. The molecule has 0 N–H and O–H groups in total. The van der Waals surface area contributed by atoms with Gasteiger partial charge < -0.3 is 14.2 Å². The maximum absolute atomic E-state index is 12.8. The Morgan fingerprint density at radius 1 is 0.311 bits per heavy atom. The van der Waals surface area contributed by atoms with Crippen LogP contribution in [0.1, 0.15) is 290 Å². The standard InChI is InChI=1S/C55H102O6/c1-4-7-10-13-16-19-22-25-26-27-28-31-33-36-39-42-45-48-54(57)60-51-52(61-55(58)49-46-43-40-37-34-30-24-21-18-15-12-9-6-3)50-59-53(56)47-44-41-38-35-32-29-23-20-17-14-11-8-5-2/h21,24-26,52H,4-20,22-23,27-51H2,1-3H3. The minimum atomic E-state index is -0.772. The smallest absolute Gasteiger partial charge is 0.306 e. The number of rotatable bonds is 49. The topological polar surface area (TPSA) is 78.9 Å². The summed E-state index contributed by atoms with van der Waals surface area (Å²) in [4.78, 5) is 38.0. The molecule has 61 heavy (non-hydrogen) atoms. The van der Waals surface area contributed by atoms with Crippen LogP contribution in [0.15, 0.2) is 24.3 Å². The molecule has 1 unspecified atom stereocenters. The fourth-order valence-electron chi connectivity index (χ4n) is 7.84. The van der Waals surface area contributed by atoms with Crippen LogP contribution < -0.4 is 0 Å². The van der Waals surface area contributed by atoms with Crippen LogP contribution >= 0.6 is 0 Å². The molecule has 0 amide bonds. The molecule has 6 heteroatoms. The minimum Gasteiger partial charge on any atom is -0.462 e. The maximum atomic E-state index is 12.8. The molecule has 6 nitrogen and oxygen atoms in total. The van der Waals surface area contributed by atoms with Gasteiger partial charge in [-0.25, -0.2) is 0 Å². The molecule has 0 aliphatic heterocycles. The van der Waals surface area contributed by atoms with E-state index >= 15 is 0 Å². The minimum absolute atomic E-state index is 0.0721. The number of hydrogen-bond donors (Lipinski definition) is 0. The highest BCUT2D eigenvalue weighted by Crippen LogP contribution is 2.16. The van der Waals surface area contributed by atoms with Crippen molar-refractivity contribution in [2.24, 2.45) is 0 Å². The van der Waals surface area contributed by atoms with Gasteiger partial charge >= 0.3 is 17.9 Å². The molecule has 0 aromatic rings. The van der Waals surface area contributed by atoms with E-state index < -0.39 is 6.10 Å². The van der Waals surface area contributed by atoms with E-state index in [0.717, 1.165) is 64.2 Å². The van der Waals surface area contributed by atoms with Crippen LogP contribution in [-0.2, 0) is 28.6 Å². The van der Waals surface area contributed by atoms with Crippen LogP contribution in [0.4, 0.5) is 0 Å². The van der Waals surface area contributed by atoms with Gasteiger partial charge in [0.2, 0.25) is 0 Å². The van der Waals surface area contributed by atoms with E-state index in [9.17, 15) is 14.4 Å². The first kappa shape index (κ1) is 58.9. The molecule has 0 fully saturated rings. The van der Waals surface area contributed by atoms with Crippen molar-refractivity contribution >= 4 is 17.9 Å². The molecule has 0 aliphatic carbocycles. The Kier molecular flexibility index (Phi) is 48.8. The molecule has 0 spiro atoms. The van der Waals surface area contributed by atoms with Gasteiger partial charge in [-0.05, 0) is 70.6 Å². The Morgan fingerprint density at radius 2 is 0.541 bits per heavy atom. The predicted molar refractivity (Wildman–Crippen MR) is 261 cm³/mol. The third-order valence-electron chi connectivity index (χ3n) is 11.9. The maximum Gasteiger partial charge on any atom is 0.306 e. The van der Waals surface area contributed by atoms with Crippen molar-refractivity contribution in [2.75, 3.05) is 13.2 Å². The molecular formula is C55H102O6. The van der Waals surface area contributed by atoms with Crippen molar-refractivity contribution in [3.63, 3.8) is 0 Å². The highest BCUT2D eigenvalue weighted by atomic mass is 16.6. The van der Waals surface area contributed by atoms with Gasteiger partial charge in [0.15, 0.2) is 6.10 Å². The Morgan fingerprint density at radius 3 is 0.836 bits per heavy atom. The molecule has 0 radical (unpaired) electrons. The molecule has 358 valence electrons. The Hall–Kier alpha value is -2.11. The third-order valence-corrected chi connectivity index (χ3v) is 11.9. The van der Waals surface area contributed by atoms with E-state index in [1.54, 1.807) is 0 Å². The highest BCUT2D eigenvalue weighted by molar-refractivity contribution is 5.71. The molecule has 0 saturated heterocycles. The van der Waals surface area contributed by atoms with E-state index in [4.69, 9.17) is 14.2 Å². The molecule has 1 atom stereocenters. The lowest BCUT2D eigenvalue weighted by molar-refractivity contribution is -0.167. The lowest BCUT2D eigenvalue weighted by atomic mass is 10.0. The van der Waals surface area contributed by atoms with Crippen molar-refractivity contribution < 1.29 is 28.6 Å². The number of carbonyl (C=O) groups is 3. The Bertz CT molecular complexity index is 989. The van der Waals surface area contributed by atoms with Gasteiger partial charge in [-0.15, -0.1) is 0 Å². The monoisotopic (exact) mass is 859 g/mol. The first-order valence-corrected chi connectivity index (χ1v) is 26.8. The highest BCUT2D eigenvalue weighted by Gasteiger charge is 2.19. The van der Waals surface area contributed by atoms with Crippen LogP contribution in [0.2, 0.25) is 0 Å². The van der Waals surface area contributed by atoms with Gasteiger partial charge in [-0.2, -0.15) is 0 Å². The molecule has 0 heterocycles. The van der Waals surface area contributed by atoms with Crippen LogP contribution in [0.3, 0.4) is 0 Å². The molecule has 0 aliphatic rings. The first-order chi connectivity index (χ1) is 30.0. The summed E-state index contributed by atoms with van der Waals surface area (Å²) in [6, 6.07) is 0. The van der Waals surface area contributed by atoms with E-state index in [2.05, 4.69) is 45.1 Å². The van der Waals surface area contributed by atoms with Crippen molar-refractivity contribution in [3.8, 4) is 0 Å². The van der Waals surface area contributed by atoms with Crippen molar-refractivity contribution in [3.05, 3.63) is 24.3 Å². The van der Waals surface area contributed by atoms with Gasteiger partial charge in [0.1, 0.15) is 13.2 Å². The average Bonchev–Trinajstić information content (AvgIpc) is 3.26. The summed E-state index contributed by atoms with van der Waals surface area (Å²) < 4.78 is 16.8. The normalized spacial score (nSPS) is 12.1. The summed E-state index contributed by atoms with van der Waals surface area (Å²) in [6.07, 6.45) is 57.3. The molecule has 0 aromatic carbocycles. The molecule has 0 aromatic heterocycles. The van der Waals surface area contributed by atoms with Crippen molar-refractivity contribution in [1.29, 1.82) is 0 Å². The number of hydrogen-bond acceptors (Lipinski definition) is 6. The second-order valence-electron chi connectivity index (χ2n) is 18.1. The Labute approximate surface area is 379 Å². The number of unbranched alkanes of at least 4 members (excludes halogenated alkanes) is 34. The van der Waals surface area contributed by atoms with Crippen LogP contribution in [-0.4, -0.2) is 37.2 Å². The quantitative estimate of drug-likeness (QED) is 0.0262. The van der Waals surface area contributed by atoms with Crippen molar-refractivity contribution in [2.45, 2.75) is 297 Å². The van der Waals surface area contributed by atoms with E-state index in [0.29, 0.717) is 19.3 Å². The fourth-order valence-corrected chi connectivity index (χ4v) is 7.84. The number of ether oxygens (including phenoxy) is 3. The van der Waals surface area contributed by atoms with Gasteiger partial charge in [0.25, 0.3) is 0 Å². The summed E-state index contributed by atoms with van der Waals surface area (Å²) in [5, 5.41) is 0. The summed E-state index contributed by atoms with van der Waals surface area (Å²) in [7, 11) is 0. The van der Waals surface area contributed by atoms with Gasteiger partial charge in [-0.3, -0.25) is 14.4 Å². The van der Waals surface area contributed by atoms with E-state index in [1.165, 1.54) is 186 Å². The second kappa shape index (κ2) is 50.5. The molecule has 0 bridgehead atoms. The number of carbonyl (C=O) groups excluding carboxylic acids is 3. The fraction of sp³-hybridized carbons (Fsp3) is 0.873. The van der Waals surface area contributed by atoms with Gasteiger partial charge in [-0.1, -0.05) is 225 Å². The summed E-state index contributed by atoms with van der Waals surface area (Å²) in [5.74, 6) is -0.871. The first-order valence-electron chi connectivity index (χ1n) is 26.8. The second-order valence-corrected chi connectivity index (χ2v) is 18.1. The third kappa shape index (κ3) is 48.8.